The van der Waals surface area contributed by atoms with Gasteiger partial charge in [0.25, 0.3) is 0 Å². The summed E-state index contributed by atoms with van der Waals surface area (Å²) in [5.74, 6) is -2.22. The second kappa shape index (κ2) is 9.19. The number of aliphatic hydroxyl groups is 1. The van der Waals surface area contributed by atoms with Crippen molar-refractivity contribution >= 4 is 12.1 Å². The number of carbonyl (C=O) groups excluding carboxylic acids is 1. The summed E-state index contributed by atoms with van der Waals surface area (Å²) in [5.41, 5.74) is -0.0807. The summed E-state index contributed by atoms with van der Waals surface area (Å²) >= 11 is 0. The van der Waals surface area contributed by atoms with E-state index in [0.717, 1.165) is 5.56 Å². The molecule has 0 aliphatic carbocycles. The third-order valence-electron chi connectivity index (χ3n) is 2.96. The Morgan fingerprint density at radius 3 is 2.48 bits per heavy atom. The van der Waals surface area contributed by atoms with E-state index in [-0.39, 0.29) is 25.5 Å². The van der Waals surface area contributed by atoms with Crippen molar-refractivity contribution in [1.29, 1.82) is 0 Å². The Balaban J connectivity index is 2.38. The number of nitrogens with one attached hydrogen (secondary N) is 1. The summed E-state index contributed by atoms with van der Waals surface area (Å²) in [6.45, 7) is 1.79. The SMILES string of the molecule is CC(CCC(O)=C(N=O)C(=O)O)NC(=O)OCc1ccccc1. The lowest BCUT2D eigenvalue weighted by Crippen LogP contribution is -2.33. The maximum atomic E-state index is 11.6. The number of rotatable bonds is 8. The van der Waals surface area contributed by atoms with Gasteiger partial charge in [-0.2, -0.15) is 0 Å². The van der Waals surface area contributed by atoms with Crippen LogP contribution in [0, 0.1) is 4.91 Å². The minimum Gasteiger partial charge on any atom is -0.510 e. The van der Waals surface area contributed by atoms with E-state index < -0.39 is 23.5 Å². The van der Waals surface area contributed by atoms with Crippen LogP contribution in [0.5, 0.6) is 0 Å². The molecule has 8 nitrogen and oxygen atoms in total. The summed E-state index contributed by atoms with van der Waals surface area (Å²) in [5, 5.41) is 22.9. The van der Waals surface area contributed by atoms with E-state index >= 15 is 0 Å². The lowest BCUT2D eigenvalue weighted by molar-refractivity contribution is -0.132. The number of hydrogen-bond donors (Lipinski definition) is 3. The molecule has 1 unspecified atom stereocenters. The number of carbonyl (C=O) groups is 2. The summed E-state index contributed by atoms with van der Waals surface area (Å²) in [6.07, 6.45) is -0.511. The highest BCUT2D eigenvalue weighted by Crippen LogP contribution is 2.11. The minimum atomic E-state index is -1.60. The lowest BCUT2D eigenvalue weighted by Gasteiger charge is -2.14. The van der Waals surface area contributed by atoms with Crippen molar-refractivity contribution in [3.05, 3.63) is 52.3 Å². The number of amides is 1. The first-order chi connectivity index (χ1) is 10.9. The largest absolute Gasteiger partial charge is 0.510 e. The number of nitrogens with zero attached hydrogens (tertiary/aromatic N) is 1. The van der Waals surface area contributed by atoms with Gasteiger partial charge in [-0.3, -0.25) is 0 Å². The van der Waals surface area contributed by atoms with E-state index in [2.05, 4.69) is 10.5 Å². The van der Waals surface area contributed by atoms with Crippen LogP contribution in [0.2, 0.25) is 0 Å². The number of nitroso groups, excluding NO2 is 1. The highest BCUT2D eigenvalue weighted by molar-refractivity contribution is 5.86. The number of benzene rings is 1. The number of carboxylic acids is 1. The number of carboxylic acid groups (broad SMARTS) is 1. The van der Waals surface area contributed by atoms with Crippen molar-refractivity contribution in [3.8, 4) is 0 Å². The molecule has 0 saturated carbocycles. The molecule has 124 valence electrons. The zero-order valence-corrected chi connectivity index (χ0v) is 12.6. The maximum Gasteiger partial charge on any atom is 0.407 e. The molecule has 23 heavy (non-hydrogen) atoms. The number of aliphatic carboxylic acids is 1. The fraction of sp³-hybridized carbons (Fsp3) is 0.333. The first-order valence-electron chi connectivity index (χ1n) is 6.90. The van der Waals surface area contributed by atoms with Gasteiger partial charge in [0.05, 0.1) is 0 Å². The topological polar surface area (TPSA) is 125 Å². The van der Waals surface area contributed by atoms with E-state index in [0.29, 0.717) is 0 Å². The van der Waals surface area contributed by atoms with Crippen LogP contribution in [-0.4, -0.2) is 28.3 Å². The molecule has 8 heteroatoms. The number of hydrogen-bond acceptors (Lipinski definition) is 6. The highest BCUT2D eigenvalue weighted by atomic mass is 16.5. The molecule has 0 aromatic heterocycles. The average Bonchev–Trinajstić information content (AvgIpc) is 2.52. The van der Waals surface area contributed by atoms with Crippen molar-refractivity contribution in [2.24, 2.45) is 5.18 Å². The van der Waals surface area contributed by atoms with Gasteiger partial charge in [0, 0.05) is 12.5 Å². The van der Waals surface area contributed by atoms with E-state index in [1.54, 1.807) is 6.92 Å². The highest BCUT2D eigenvalue weighted by Gasteiger charge is 2.16. The van der Waals surface area contributed by atoms with Gasteiger partial charge in [0.1, 0.15) is 12.4 Å². The molecule has 3 N–H and O–H groups in total. The zero-order chi connectivity index (χ0) is 17.2. The molecular formula is C15H18N2O6. The van der Waals surface area contributed by atoms with Gasteiger partial charge in [0.2, 0.25) is 5.70 Å². The van der Waals surface area contributed by atoms with Crippen LogP contribution in [-0.2, 0) is 16.1 Å². The van der Waals surface area contributed by atoms with Gasteiger partial charge in [-0.15, -0.1) is 4.91 Å². The Kier molecular flexibility index (Phi) is 7.25. The molecule has 0 fully saturated rings. The molecule has 0 heterocycles. The van der Waals surface area contributed by atoms with Crippen LogP contribution in [0.1, 0.15) is 25.3 Å². The van der Waals surface area contributed by atoms with Gasteiger partial charge in [-0.1, -0.05) is 30.3 Å². The predicted molar refractivity (Wildman–Crippen MR) is 81.5 cm³/mol. The maximum absolute atomic E-state index is 11.6. The van der Waals surface area contributed by atoms with Crippen LogP contribution >= 0.6 is 0 Å². The van der Waals surface area contributed by atoms with Gasteiger partial charge >= 0.3 is 12.1 Å². The fourth-order valence-electron chi connectivity index (χ4n) is 1.72. The van der Waals surface area contributed by atoms with Crippen LogP contribution in [0.25, 0.3) is 0 Å². The van der Waals surface area contributed by atoms with E-state index in [1.165, 1.54) is 0 Å². The van der Waals surface area contributed by atoms with Crippen LogP contribution in [0.3, 0.4) is 0 Å². The van der Waals surface area contributed by atoms with E-state index in [1.807, 2.05) is 30.3 Å². The summed E-state index contributed by atoms with van der Waals surface area (Å²) in [7, 11) is 0. The van der Waals surface area contributed by atoms with Crippen LogP contribution in [0.4, 0.5) is 4.79 Å². The fourth-order valence-corrected chi connectivity index (χ4v) is 1.72. The summed E-state index contributed by atoms with van der Waals surface area (Å²) < 4.78 is 5.03. The normalized spacial score (nSPS) is 12.7. The van der Waals surface area contributed by atoms with Crippen LogP contribution < -0.4 is 5.32 Å². The van der Waals surface area contributed by atoms with Gasteiger partial charge in [0.15, 0.2) is 0 Å². The summed E-state index contributed by atoms with van der Waals surface area (Å²) in [6, 6.07) is 8.76. The third-order valence-corrected chi connectivity index (χ3v) is 2.96. The molecule has 0 aliphatic heterocycles. The molecule has 0 spiro atoms. The molecule has 1 aromatic rings. The number of aliphatic hydroxyl groups excluding tert-OH is 1. The quantitative estimate of drug-likeness (QED) is 0.384. The first-order valence-corrected chi connectivity index (χ1v) is 6.90. The monoisotopic (exact) mass is 322 g/mol. The molecule has 0 radical (unpaired) electrons. The molecule has 0 saturated heterocycles. The van der Waals surface area contributed by atoms with Crippen molar-refractivity contribution in [3.63, 3.8) is 0 Å². The molecule has 1 aromatic carbocycles. The smallest absolute Gasteiger partial charge is 0.407 e. The molecule has 0 bridgehead atoms. The lowest BCUT2D eigenvalue weighted by atomic mass is 10.1. The third kappa shape index (κ3) is 6.60. The Bertz CT molecular complexity index is 585. The van der Waals surface area contributed by atoms with Crippen molar-refractivity contribution in [2.75, 3.05) is 0 Å². The second-order valence-corrected chi connectivity index (χ2v) is 4.84. The van der Waals surface area contributed by atoms with Crippen molar-refractivity contribution in [1.82, 2.24) is 5.32 Å². The zero-order valence-electron chi connectivity index (χ0n) is 12.6. The standard InChI is InChI=1S/C15H18N2O6/c1-10(7-8-12(18)13(17-22)14(19)20)16-15(21)23-9-11-5-3-2-4-6-11/h2-6,10,18H,7-9H2,1H3,(H,16,21)(H,19,20). The number of allylic oxidation sites excluding steroid dienone is 1. The molecule has 1 atom stereocenters. The Morgan fingerprint density at radius 1 is 1.26 bits per heavy atom. The summed E-state index contributed by atoms with van der Waals surface area (Å²) in [4.78, 5) is 32.5. The first kappa shape index (κ1) is 18.1. The molecule has 0 aliphatic rings. The molecule has 1 rings (SSSR count). The Labute approximate surface area is 132 Å². The van der Waals surface area contributed by atoms with Crippen molar-refractivity contribution < 1.29 is 24.5 Å². The Morgan fingerprint density at radius 2 is 1.91 bits per heavy atom. The molecule has 1 amide bonds. The number of ether oxygens (including phenoxy) is 1. The van der Waals surface area contributed by atoms with E-state index in [9.17, 15) is 19.6 Å². The van der Waals surface area contributed by atoms with Gasteiger partial charge in [-0.05, 0) is 24.1 Å². The molecular weight excluding hydrogens is 304 g/mol. The van der Waals surface area contributed by atoms with Crippen LogP contribution in [0.15, 0.2) is 47.0 Å². The number of alkyl carbamates (subject to hydrolysis) is 1. The van der Waals surface area contributed by atoms with Gasteiger partial charge in [-0.25, -0.2) is 9.59 Å². The Hall–Kier alpha value is -2.90. The van der Waals surface area contributed by atoms with Crippen molar-refractivity contribution in [2.45, 2.75) is 32.4 Å². The average molecular weight is 322 g/mol. The minimum absolute atomic E-state index is 0.104. The predicted octanol–water partition coefficient (Wildman–Crippen LogP) is 2.70. The van der Waals surface area contributed by atoms with E-state index in [4.69, 9.17) is 9.84 Å². The van der Waals surface area contributed by atoms with Gasteiger partial charge < -0.3 is 20.3 Å². The second-order valence-electron chi connectivity index (χ2n) is 4.84.